The summed E-state index contributed by atoms with van der Waals surface area (Å²) in [5.74, 6) is 0.451. The summed E-state index contributed by atoms with van der Waals surface area (Å²) in [6.45, 7) is 8.01. The molecule has 0 saturated carbocycles. The van der Waals surface area contributed by atoms with Crippen LogP contribution in [-0.2, 0) is 17.3 Å². The van der Waals surface area contributed by atoms with Crippen LogP contribution in [-0.4, -0.2) is 51.5 Å². The molecule has 0 aliphatic carbocycles. The third kappa shape index (κ3) is 6.18. The van der Waals surface area contributed by atoms with Gasteiger partial charge in [-0.15, -0.1) is 0 Å². The monoisotopic (exact) mass is 452 g/mol. The van der Waals surface area contributed by atoms with Crippen LogP contribution in [0.2, 0.25) is 0 Å². The highest BCUT2D eigenvalue weighted by atomic mass is 32.2. The Balaban J connectivity index is 1.54. The van der Waals surface area contributed by atoms with Gasteiger partial charge in [-0.25, -0.2) is 0 Å². The van der Waals surface area contributed by atoms with Gasteiger partial charge in [0.1, 0.15) is 5.49 Å². The van der Waals surface area contributed by atoms with E-state index in [1.54, 1.807) is 25.4 Å². The summed E-state index contributed by atoms with van der Waals surface area (Å²) in [5.41, 5.74) is 2.03. The maximum atomic E-state index is 13.0. The van der Waals surface area contributed by atoms with E-state index in [2.05, 4.69) is 35.1 Å². The van der Waals surface area contributed by atoms with Gasteiger partial charge < -0.3 is 10.2 Å². The Morgan fingerprint density at radius 2 is 1.91 bits per heavy atom. The van der Waals surface area contributed by atoms with E-state index in [1.807, 2.05) is 24.3 Å². The molecule has 0 bridgehead atoms. The third-order valence-corrected chi connectivity index (χ3v) is 7.44. The molecule has 0 radical (unpaired) electrons. The molecule has 1 N–H and O–H groups in total. The molecule has 3 rings (SSSR count). The molecule has 1 aromatic carbocycles. The normalized spacial score (nSPS) is 16.7. The van der Waals surface area contributed by atoms with Crippen molar-refractivity contribution in [2.24, 2.45) is 10.9 Å². The van der Waals surface area contributed by atoms with Crippen molar-refractivity contribution in [3.63, 3.8) is 0 Å². The number of rotatable bonds is 7. The van der Waals surface area contributed by atoms with Crippen LogP contribution in [0.15, 0.2) is 52.5 Å². The zero-order valence-corrected chi connectivity index (χ0v) is 19.9. The maximum absolute atomic E-state index is 13.0. The molecule has 1 atom stereocenters. The Morgan fingerprint density at radius 3 is 2.50 bits per heavy atom. The summed E-state index contributed by atoms with van der Waals surface area (Å²) in [6, 6.07) is 13.6. The van der Waals surface area contributed by atoms with Gasteiger partial charge in [-0.2, -0.15) is 0 Å². The average Bonchev–Trinajstić information content (AvgIpc) is 2.82. The molecule has 7 heteroatoms. The van der Waals surface area contributed by atoms with Gasteiger partial charge in [0, 0.05) is 42.5 Å². The van der Waals surface area contributed by atoms with Crippen molar-refractivity contribution < 1.29 is 9.00 Å². The van der Waals surface area contributed by atoms with Gasteiger partial charge in [0.15, 0.2) is 0 Å². The van der Waals surface area contributed by atoms with Crippen molar-refractivity contribution in [3.05, 3.63) is 59.2 Å². The summed E-state index contributed by atoms with van der Waals surface area (Å²) in [7, 11) is 0.649. The smallest absolute Gasteiger partial charge is 0.253 e. The van der Waals surface area contributed by atoms with Gasteiger partial charge in [0.2, 0.25) is 0 Å². The zero-order valence-electron chi connectivity index (χ0n) is 19.1. The van der Waals surface area contributed by atoms with Crippen LogP contribution in [0.3, 0.4) is 0 Å². The van der Waals surface area contributed by atoms with Gasteiger partial charge in [-0.1, -0.05) is 32.4 Å². The number of carbonyl (C=O) groups excluding carboxylic acids is 1. The van der Waals surface area contributed by atoms with Crippen LogP contribution in [0.4, 0.5) is 0 Å². The van der Waals surface area contributed by atoms with Crippen LogP contribution < -0.4 is 10.8 Å². The van der Waals surface area contributed by atoms with E-state index in [0.29, 0.717) is 23.5 Å². The first-order chi connectivity index (χ1) is 15.4. The number of carbonyl (C=O) groups is 1. The van der Waals surface area contributed by atoms with Crippen LogP contribution in [0.25, 0.3) is 0 Å². The molecular formula is C25H32N4O2S. The van der Waals surface area contributed by atoms with E-state index in [-0.39, 0.29) is 11.2 Å². The highest BCUT2D eigenvalue weighted by Crippen LogP contribution is 2.22. The van der Waals surface area contributed by atoms with Crippen LogP contribution in [0, 0.1) is 18.4 Å². The molecule has 32 heavy (non-hydrogen) atoms. The van der Waals surface area contributed by atoms with Crippen molar-refractivity contribution >= 4 is 16.7 Å². The molecule has 2 heterocycles. The molecule has 1 amide bonds. The predicted octanol–water partition coefficient (Wildman–Crippen LogP) is 2.62. The molecule has 1 unspecified atom stereocenters. The van der Waals surface area contributed by atoms with E-state index >= 15 is 0 Å². The second-order valence-corrected chi connectivity index (χ2v) is 10.2. The van der Waals surface area contributed by atoms with E-state index in [9.17, 15) is 9.00 Å². The SMILES string of the molecule is C#Cn1cc(C(=O)NCc2ccc(S(=O)C3CCN(CC(C)C)CC3)cc2)ccc1=NC. The standard InChI is InChI=1S/C25H32N4O2S/c1-5-29-18-21(8-11-24(29)26-4)25(30)27-16-20-6-9-22(10-7-20)32(31)23-12-14-28(15-13-23)17-19(2)3/h1,6-11,18-19,23H,12-17H2,2-4H3,(H,27,30). The number of benzene rings is 1. The Kier molecular flexibility index (Phi) is 8.43. The molecule has 1 aliphatic heterocycles. The van der Waals surface area contributed by atoms with E-state index in [1.165, 1.54) is 4.57 Å². The topological polar surface area (TPSA) is 66.7 Å². The largest absolute Gasteiger partial charge is 0.348 e. The van der Waals surface area contributed by atoms with Crippen molar-refractivity contribution in [1.29, 1.82) is 0 Å². The molecule has 1 aromatic heterocycles. The average molecular weight is 453 g/mol. The molecule has 1 fully saturated rings. The van der Waals surface area contributed by atoms with Crippen LogP contribution in [0.5, 0.6) is 0 Å². The number of hydrogen-bond acceptors (Lipinski definition) is 4. The lowest BCUT2D eigenvalue weighted by Crippen LogP contribution is -2.39. The lowest BCUT2D eigenvalue weighted by atomic mass is 10.1. The first kappa shape index (κ1) is 24.0. The Morgan fingerprint density at radius 1 is 1.22 bits per heavy atom. The minimum Gasteiger partial charge on any atom is -0.348 e. The fraction of sp³-hybridized carbons (Fsp3) is 0.440. The van der Waals surface area contributed by atoms with Crippen molar-refractivity contribution in [1.82, 2.24) is 14.8 Å². The number of hydrogen-bond donors (Lipinski definition) is 1. The molecule has 1 saturated heterocycles. The highest BCUT2D eigenvalue weighted by molar-refractivity contribution is 7.85. The number of likely N-dealkylation sites (tertiary alicyclic amines) is 1. The van der Waals surface area contributed by atoms with Gasteiger partial charge >= 0.3 is 0 Å². The van der Waals surface area contributed by atoms with Gasteiger partial charge in [-0.3, -0.25) is 18.6 Å². The number of nitrogens with one attached hydrogen (secondary N) is 1. The lowest BCUT2D eigenvalue weighted by Gasteiger charge is -2.32. The van der Waals surface area contributed by atoms with E-state index in [4.69, 9.17) is 6.42 Å². The first-order valence-electron chi connectivity index (χ1n) is 11.0. The van der Waals surface area contributed by atoms with Gasteiger partial charge in [0.05, 0.1) is 16.4 Å². The quantitative estimate of drug-likeness (QED) is 0.657. The number of piperidine rings is 1. The van der Waals surface area contributed by atoms with Crippen molar-refractivity contribution in [2.45, 2.75) is 43.4 Å². The number of pyridine rings is 1. The number of nitrogens with zero attached hydrogens (tertiary/aromatic N) is 3. The summed E-state index contributed by atoms with van der Waals surface area (Å²) in [4.78, 5) is 19.9. The summed E-state index contributed by atoms with van der Waals surface area (Å²) >= 11 is 0. The Bertz CT molecular complexity index is 1060. The number of amides is 1. The molecule has 6 nitrogen and oxygen atoms in total. The van der Waals surface area contributed by atoms with Crippen LogP contribution in [0.1, 0.15) is 42.6 Å². The second kappa shape index (κ2) is 11.3. The highest BCUT2D eigenvalue weighted by Gasteiger charge is 2.25. The minimum atomic E-state index is -1.000. The number of terminal acetylenes is 1. The van der Waals surface area contributed by atoms with Crippen molar-refractivity contribution in [3.8, 4) is 12.5 Å². The Labute approximate surface area is 193 Å². The molecule has 1 aliphatic rings. The molecule has 170 valence electrons. The van der Waals surface area contributed by atoms with E-state index < -0.39 is 10.8 Å². The molecular weight excluding hydrogens is 420 g/mol. The van der Waals surface area contributed by atoms with Gasteiger partial charge in [-0.05, 0) is 61.7 Å². The zero-order chi connectivity index (χ0) is 23.1. The fourth-order valence-electron chi connectivity index (χ4n) is 3.95. The number of aromatic nitrogens is 1. The van der Waals surface area contributed by atoms with Gasteiger partial charge in [0.25, 0.3) is 5.91 Å². The summed E-state index contributed by atoms with van der Waals surface area (Å²) in [5, 5.41) is 3.12. The summed E-state index contributed by atoms with van der Waals surface area (Å²) < 4.78 is 14.5. The fourth-order valence-corrected chi connectivity index (χ4v) is 5.38. The minimum absolute atomic E-state index is 0.211. The Hall–Kier alpha value is -2.69. The first-order valence-corrected chi connectivity index (χ1v) is 12.2. The van der Waals surface area contributed by atoms with E-state index in [0.717, 1.165) is 42.9 Å². The molecule has 0 spiro atoms. The second-order valence-electron chi connectivity index (χ2n) is 8.52. The maximum Gasteiger partial charge on any atom is 0.253 e. The summed E-state index contributed by atoms with van der Waals surface area (Å²) in [6.07, 6.45) is 9.01. The predicted molar refractivity (Wildman–Crippen MR) is 128 cm³/mol. The lowest BCUT2D eigenvalue weighted by molar-refractivity contribution is 0.0950. The van der Waals surface area contributed by atoms with Crippen LogP contribution >= 0.6 is 0 Å². The molecule has 2 aromatic rings. The third-order valence-electron chi connectivity index (χ3n) is 5.63. The van der Waals surface area contributed by atoms with Crippen molar-refractivity contribution in [2.75, 3.05) is 26.7 Å².